The second-order valence-electron chi connectivity index (χ2n) is 8.34. The van der Waals surface area contributed by atoms with Crippen molar-refractivity contribution >= 4 is 52.4 Å². The lowest BCUT2D eigenvalue weighted by atomic mass is 9.87. The number of nitrogens with zero attached hydrogens (tertiary/aromatic N) is 2. The number of halogens is 2. The fraction of sp³-hybridized carbons (Fsp3) is 0.192. The molecule has 190 valence electrons. The number of hydrogen-bond donors (Lipinski definition) is 1. The highest BCUT2D eigenvalue weighted by molar-refractivity contribution is 6.42. The van der Waals surface area contributed by atoms with Gasteiger partial charge in [0.1, 0.15) is 11.5 Å². The molecular weight excluding hydrogens is 523 g/mol. The lowest BCUT2D eigenvalue weighted by Crippen LogP contribution is -2.37. The predicted molar refractivity (Wildman–Crippen MR) is 135 cm³/mol. The van der Waals surface area contributed by atoms with Crippen LogP contribution in [0, 0.1) is 5.92 Å². The van der Waals surface area contributed by atoms with Gasteiger partial charge in [-0.2, -0.15) is 0 Å². The maximum Gasteiger partial charge on any atom is 0.339 e. The number of carbonyl (C=O) groups is 3. The van der Waals surface area contributed by atoms with Crippen molar-refractivity contribution in [3.05, 3.63) is 81.8 Å². The van der Waals surface area contributed by atoms with E-state index in [0.29, 0.717) is 5.69 Å². The highest BCUT2D eigenvalue weighted by Gasteiger charge is 2.61. The summed E-state index contributed by atoms with van der Waals surface area (Å²) < 4.78 is 10.7. The molecule has 0 aliphatic carbocycles. The Balaban J connectivity index is 1.69. The van der Waals surface area contributed by atoms with Gasteiger partial charge in [0, 0.05) is 0 Å². The fourth-order valence-electron chi connectivity index (χ4n) is 4.82. The number of hydrogen-bond acceptors (Lipinski definition) is 7. The van der Waals surface area contributed by atoms with Crippen LogP contribution in [0.15, 0.2) is 60.7 Å². The summed E-state index contributed by atoms with van der Waals surface area (Å²) in [6, 6.07) is 15.3. The number of carboxylic acids is 1. The molecule has 2 amide bonds. The van der Waals surface area contributed by atoms with Crippen molar-refractivity contribution in [3.8, 4) is 11.5 Å². The molecule has 0 saturated carbocycles. The van der Waals surface area contributed by atoms with E-state index in [1.165, 1.54) is 43.5 Å². The maximum absolute atomic E-state index is 13.8. The van der Waals surface area contributed by atoms with Crippen LogP contribution in [-0.2, 0) is 14.4 Å². The number of fused-ring (bicyclic) bond motifs is 1. The van der Waals surface area contributed by atoms with Gasteiger partial charge in [0.2, 0.25) is 5.91 Å². The molecule has 3 unspecified atom stereocenters. The molecule has 3 aromatic carbocycles. The van der Waals surface area contributed by atoms with Gasteiger partial charge in [-0.05, 0) is 42.0 Å². The molecule has 3 atom stereocenters. The minimum atomic E-state index is -1.29. The number of benzene rings is 3. The van der Waals surface area contributed by atoms with Crippen molar-refractivity contribution in [1.29, 1.82) is 0 Å². The molecular formula is C26H20Cl2N2O7. The van der Waals surface area contributed by atoms with Gasteiger partial charge in [-0.25, -0.2) is 14.8 Å². The molecule has 0 aromatic heterocycles. The Bertz CT molecular complexity index is 1420. The van der Waals surface area contributed by atoms with E-state index in [4.69, 9.17) is 37.5 Å². The Morgan fingerprint density at radius 1 is 0.919 bits per heavy atom. The minimum Gasteiger partial charge on any atom is -0.493 e. The molecule has 2 aliphatic heterocycles. The average molecular weight is 543 g/mol. The highest BCUT2D eigenvalue weighted by Crippen LogP contribution is 2.50. The average Bonchev–Trinajstić information content (AvgIpc) is 3.40. The number of imide groups is 1. The van der Waals surface area contributed by atoms with Crippen LogP contribution in [-0.4, -0.2) is 43.2 Å². The number of amides is 2. The number of aromatic carboxylic acids is 1. The third-order valence-electron chi connectivity index (χ3n) is 6.40. The summed E-state index contributed by atoms with van der Waals surface area (Å²) in [4.78, 5) is 46.9. The van der Waals surface area contributed by atoms with Crippen LogP contribution < -0.4 is 19.4 Å². The number of ether oxygens (including phenoxy) is 2. The Morgan fingerprint density at radius 3 is 2.27 bits per heavy atom. The van der Waals surface area contributed by atoms with Crippen LogP contribution in [0.4, 0.5) is 11.4 Å². The quantitative estimate of drug-likeness (QED) is 0.444. The standard InChI is InChI=1S/C26H20Cl2N2O7/c1-35-18-11-9-15(19(26(33)34)22(18)36-2)21-20-23(37-30(21)13-6-4-3-5-7-13)25(32)29(24(20)31)14-8-10-16(27)17(28)12-14/h3-12,20-21,23H,1-2H3,(H,33,34). The van der Waals surface area contributed by atoms with Crippen LogP contribution in [0.2, 0.25) is 10.0 Å². The Labute approximate surface area is 221 Å². The van der Waals surface area contributed by atoms with Crippen molar-refractivity contribution in [2.24, 2.45) is 5.92 Å². The normalized spacial score (nSPS) is 20.8. The van der Waals surface area contributed by atoms with E-state index in [1.54, 1.807) is 36.4 Å². The van der Waals surface area contributed by atoms with Gasteiger partial charge in [0.15, 0.2) is 17.6 Å². The molecule has 5 rings (SSSR count). The van der Waals surface area contributed by atoms with Crippen molar-refractivity contribution in [1.82, 2.24) is 0 Å². The maximum atomic E-state index is 13.8. The summed E-state index contributed by atoms with van der Waals surface area (Å²) in [5.41, 5.74) is 0.789. The SMILES string of the molecule is COc1ccc(C2C3C(=O)N(c4ccc(Cl)c(Cl)c4)C(=O)C3ON2c2ccccc2)c(C(=O)O)c1OC. The van der Waals surface area contributed by atoms with Gasteiger partial charge in [0.05, 0.1) is 41.7 Å². The van der Waals surface area contributed by atoms with Crippen molar-refractivity contribution in [2.45, 2.75) is 12.1 Å². The summed E-state index contributed by atoms with van der Waals surface area (Å²) in [5, 5.41) is 12.0. The van der Waals surface area contributed by atoms with Gasteiger partial charge in [-0.1, -0.05) is 47.5 Å². The van der Waals surface area contributed by atoms with Gasteiger partial charge in [-0.15, -0.1) is 0 Å². The largest absolute Gasteiger partial charge is 0.493 e. The van der Waals surface area contributed by atoms with E-state index >= 15 is 0 Å². The topological polar surface area (TPSA) is 106 Å². The molecule has 3 aromatic rings. The van der Waals surface area contributed by atoms with Crippen molar-refractivity contribution in [3.63, 3.8) is 0 Å². The lowest BCUT2D eigenvalue weighted by Gasteiger charge is -2.30. The molecule has 9 nitrogen and oxygen atoms in total. The number of carboxylic acid groups (broad SMARTS) is 1. The Morgan fingerprint density at radius 2 is 1.65 bits per heavy atom. The second-order valence-corrected chi connectivity index (χ2v) is 9.15. The molecule has 2 heterocycles. The molecule has 2 aliphatic rings. The first-order valence-electron chi connectivity index (χ1n) is 11.1. The molecule has 2 saturated heterocycles. The minimum absolute atomic E-state index is 0.0120. The monoisotopic (exact) mass is 542 g/mol. The third-order valence-corrected chi connectivity index (χ3v) is 7.14. The first kappa shape index (κ1) is 24.9. The van der Waals surface area contributed by atoms with Gasteiger partial charge >= 0.3 is 5.97 Å². The zero-order chi connectivity index (χ0) is 26.4. The lowest BCUT2D eigenvalue weighted by molar-refractivity contribution is -0.126. The van der Waals surface area contributed by atoms with Crippen molar-refractivity contribution in [2.75, 3.05) is 24.2 Å². The smallest absolute Gasteiger partial charge is 0.339 e. The summed E-state index contributed by atoms with van der Waals surface area (Å²) in [6.45, 7) is 0. The number of para-hydroxylation sites is 1. The van der Waals surface area contributed by atoms with Crippen LogP contribution in [0.3, 0.4) is 0 Å². The van der Waals surface area contributed by atoms with Gasteiger partial charge in [-0.3, -0.25) is 14.4 Å². The summed E-state index contributed by atoms with van der Waals surface area (Å²) in [7, 11) is 2.72. The van der Waals surface area contributed by atoms with E-state index in [0.717, 1.165) is 4.90 Å². The fourth-order valence-corrected chi connectivity index (χ4v) is 5.11. The zero-order valence-corrected chi connectivity index (χ0v) is 21.1. The highest BCUT2D eigenvalue weighted by atomic mass is 35.5. The van der Waals surface area contributed by atoms with Crippen LogP contribution in [0.1, 0.15) is 22.0 Å². The number of rotatable bonds is 6. The molecule has 2 fully saturated rings. The van der Waals surface area contributed by atoms with E-state index in [-0.39, 0.29) is 38.4 Å². The molecule has 37 heavy (non-hydrogen) atoms. The summed E-state index contributed by atoms with van der Waals surface area (Å²) in [6.07, 6.45) is -1.21. The number of anilines is 2. The predicted octanol–water partition coefficient (Wildman–Crippen LogP) is 4.76. The summed E-state index contributed by atoms with van der Waals surface area (Å²) in [5.74, 6) is -3.34. The summed E-state index contributed by atoms with van der Waals surface area (Å²) >= 11 is 12.2. The number of carbonyl (C=O) groups excluding carboxylic acids is 2. The van der Waals surface area contributed by atoms with Crippen LogP contribution in [0.5, 0.6) is 11.5 Å². The third kappa shape index (κ3) is 3.96. The van der Waals surface area contributed by atoms with E-state index in [9.17, 15) is 19.5 Å². The molecule has 11 heteroatoms. The zero-order valence-electron chi connectivity index (χ0n) is 19.6. The Hall–Kier alpha value is -3.79. The van der Waals surface area contributed by atoms with Gasteiger partial charge in [0.25, 0.3) is 5.91 Å². The molecule has 0 spiro atoms. The van der Waals surface area contributed by atoms with E-state index in [2.05, 4.69) is 0 Å². The number of methoxy groups -OCH3 is 2. The number of hydroxylamine groups is 1. The van der Waals surface area contributed by atoms with E-state index < -0.39 is 35.8 Å². The first-order chi connectivity index (χ1) is 17.8. The van der Waals surface area contributed by atoms with Gasteiger partial charge < -0.3 is 14.6 Å². The Kier molecular flexibility index (Phi) is 6.45. The van der Waals surface area contributed by atoms with Crippen LogP contribution in [0.25, 0.3) is 0 Å². The second kappa shape index (κ2) is 9.59. The van der Waals surface area contributed by atoms with Crippen LogP contribution >= 0.6 is 23.2 Å². The first-order valence-corrected chi connectivity index (χ1v) is 11.9. The van der Waals surface area contributed by atoms with E-state index in [1.807, 2.05) is 0 Å². The molecule has 0 radical (unpaired) electrons. The molecule has 1 N–H and O–H groups in total. The van der Waals surface area contributed by atoms with Crippen molar-refractivity contribution < 1.29 is 33.8 Å². The molecule has 0 bridgehead atoms.